The maximum atomic E-state index is 13.1. The highest BCUT2D eigenvalue weighted by molar-refractivity contribution is 5.67. The topological polar surface area (TPSA) is 32.5 Å². The number of hydrogen-bond acceptors (Lipinski definition) is 3. The molecule has 0 spiro atoms. The normalized spacial score (nSPS) is 28.4. The van der Waals surface area contributed by atoms with Crippen molar-refractivity contribution in [2.75, 3.05) is 30.8 Å². The minimum Gasteiger partial charge on any atom is -0.397 e. The molecule has 1 aromatic carbocycles. The van der Waals surface area contributed by atoms with Gasteiger partial charge >= 0.3 is 0 Å². The van der Waals surface area contributed by atoms with E-state index in [-0.39, 0.29) is 5.82 Å². The second-order valence-electron chi connectivity index (χ2n) is 5.49. The number of rotatable bonds is 1. The molecule has 2 heterocycles. The SMILES string of the molecule is CN1C2CCC1CN(c1ccc(F)cc1N)CC2. The second kappa shape index (κ2) is 4.43. The number of benzene rings is 1. The molecule has 2 saturated heterocycles. The Morgan fingerprint density at radius 2 is 2.00 bits per heavy atom. The molecule has 2 aliphatic heterocycles. The standard InChI is InChI=1S/C14H20FN3/c1-17-11-3-4-12(17)9-18(7-6-11)14-5-2-10(15)8-13(14)16/h2,5,8,11-12H,3-4,6-7,9,16H2,1H3. The van der Waals surface area contributed by atoms with Gasteiger partial charge in [-0.1, -0.05) is 0 Å². The number of nitrogens with zero attached hydrogens (tertiary/aromatic N) is 2. The molecule has 98 valence electrons. The zero-order valence-electron chi connectivity index (χ0n) is 10.8. The van der Waals surface area contributed by atoms with Crippen molar-refractivity contribution in [2.45, 2.75) is 31.3 Å². The zero-order valence-corrected chi connectivity index (χ0v) is 10.8. The van der Waals surface area contributed by atoms with Gasteiger partial charge in [0.15, 0.2) is 0 Å². The Kier molecular flexibility index (Phi) is 2.90. The lowest BCUT2D eigenvalue weighted by Crippen LogP contribution is -2.36. The van der Waals surface area contributed by atoms with E-state index in [0.717, 1.165) is 18.8 Å². The van der Waals surface area contributed by atoms with Crippen LogP contribution in [0.25, 0.3) is 0 Å². The maximum Gasteiger partial charge on any atom is 0.125 e. The molecule has 4 heteroatoms. The van der Waals surface area contributed by atoms with E-state index in [0.29, 0.717) is 17.8 Å². The van der Waals surface area contributed by atoms with Crippen molar-refractivity contribution in [3.63, 3.8) is 0 Å². The molecule has 0 radical (unpaired) electrons. The fraction of sp³-hybridized carbons (Fsp3) is 0.571. The van der Waals surface area contributed by atoms with E-state index in [2.05, 4.69) is 16.8 Å². The van der Waals surface area contributed by atoms with E-state index in [4.69, 9.17) is 5.73 Å². The van der Waals surface area contributed by atoms with Crippen LogP contribution in [-0.2, 0) is 0 Å². The lowest BCUT2D eigenvalue weighted by Gasteiger charge is -2.28. The van der Waals surface area contributed by atoms with Gasteiger partial charge < -0.3 is 10.6 Å². The molecule has 2 N–H and O–H groups in total. The van der Waals surface area contributed by atoms with Gasteiger partial charge in [-0.3, -0.25) is 4.90 Å². The van der Waals surface area contributed by atoms with Crippen molar-refractivity contribution < 1.29 is 4.39 Å². The van der Waals surface area contributed by atoms with Crippen LogP contribution in [0.4, 0.5) is 15.8 Å². The molecular formula is C14H20FN3. The summed E-state index contributed by atoms with van der Waals surface area (Å²) < 4.78 is 13.1. The van der Waals surface area contributed by atoms with Crippen molar-refractivity contribution in [2.24, 2.45) is 0 Å². The molecule has 1 aromatic rings. The summed E-state index contributed by atoms with van der Waals surface area (Å²) in [5.74, 6) is -0.260. The summed E-state index contributed by atoms with van der Waals surface area (Å²) in [6, 6.07) is 6.05. The second-order valence-corrected chi connectivity index (χ2v) is 5.49. The quantitative estimate of drug-likeness (QED) is 0.773. The van der Waals surface area contributed by atoms with Crippen LogP contribution in [0, 0.1) is 5.82 Å². The largest absolute Gasteiger partial charge is 0.397 e. The summed E-state index contributed by atoms with van der Waals surface area (Å²) in [4.78, 5) is 4.81. The average molecular weight is 249 g/mol. The highest BCUT2D eigenvalue weighted by Crippen LogP contribution is 2.32. The lowest BCUT2D eigenvalue weighted by atomic mass is 10.1. The van der Waals surface area contributed by atoms with E-state index < -0.39 is 0 Å². The predicted molar refractivity (Wildman–Crippen MR) is 72.2 cm³/mol. The highest BCUT2D eigenvalue weighted by Gasteiger charge is 2.34. The van der Waals surface area contributed by atoms with Crippen LogP contribution >= 0.6 is 0 Å². The third-order valence-electron chi connectivity index (χ3n) is 4.48. The van der Waals surface area contributed by atoms with Gasteiger partial charge in [-0.05, 0) is 44.5 Å². The molecule has 2 bridgehead atoms. The Bertz CT molecular complexity index is 449. The first-order chi connectivity index (χ1) is 8.65. The number of nitrogen functional groups attached to an aromatic ring is 1. The molecular weight excluding hydrogens is 229 g/mol. The molecule has 0 aliphatic carbocycles. The zero-order chi connectivity index (χ0) is 12.7. The predicted octanol–water partition coefficient (Wildman–Crippen LogP) is 2.08. The molecule has 2 aliphatic rings. The fourth-order valence-corrected chi connectivity index (χ4v) is 3.34. The van der Waals surface area contributed by atoms with Crippen LogP contribution in [0.3, 0.4) is 0 Å². The van der Waals surface area contributed by atoms with Gasteiger partial charge in [-0.25, -0.2) is 4.39 Å². The van der Waals surface area contributed by atoms with Crippen molar-refractivity contribution in [3.8, 4) is 0 Å². The van der Waals surface area contributed by atoms with Gasteiger partial charge in [0.05, 0.1) is 11.4 Å². The molecule has 0 aromatic heterocycles. The van der Waals surface area contributed by atoms with Crippen LogP contribution in [0.1, 0.15) is 19.3 Å². The van der Waals surface area contributed by atoms with Crippen LogP contribution in [0.5, 0.6) is 0 Å². The molecule has 0 saturated carbocycles. The molecule has 2 unspecified atom stereocenters. The van der Waals surface area contributed by atoms with E-state index in [1.165, 1.54) is 31.4 Å². The van der Waals surface area contributed by atoms with Gasteiger partial charge in [-0.2, -0.15) is 0 Å². The van der Waals surface area contributed by atoms with Crippen LogP contribution < -0.4 is 10.6 Å². The summed E-state index contributed by atoms with van der Waals surface area (Å²) in [7, 11) is 2.22. The lowest BCUT2D eigenvalue weighted by molar-refractivity contribution is 0.254. The first-order valence-electron chi connectivity index (χ1n) is 6.67. The summed E-state index contributed by atoms with van der Waals surface area (Å²) in [6.07, 6.45) is 3.75. The van der Waals surface area contributed by atoms with Crippen LogP contribution in [0.15, 0.2) is 18.2 Å². The monoisotopic (exact) mass is 249 g/mol. The average Bonchev–Trinajstić information content (AvgIpc) is 2.55. The fourth-order valence-electron chi connectivity index (χ4n) is 3.34. The van der Waals surface area contributed by atoms with Crippen molar-refractivity contribution in [1.29, 1.82) is 0 Å². The minimum atomic E-state index is -0.260. The van der Waals surface area contributed by atoms with E-state index >= 15 is 0 Å². The Balaban J connectivity index is 1.84. The number of likely N-dealkylation sites (N-methyl/N-ethyl adjacent to an activating group) is 1. The van der Waals surface area contributed by atoms with Crippen molar-refractivity contribution in [3.05, 3.63) is 24.0 Å². The Labute approximate surface area is 107 Å². The molecule has 3 nitrogen and oxygen atoms in total. The Hall–Kier alpha value is -1.29. The van der Waals surface area contributed by atoms with Crippen molar-refractivity contribution in [1.82, 2.24) is 4.90 Å². The van der Waals surface area contributed by atoms with Crippen LogP contribution in [-0.4, -0.2) is 37.1 Å². The van der Waals surface area contributed by atoms with Gasteiger partial charge in [0.1, 0.15) is 5.82 Å². The maximum absolute atomic E-state index is 13.1. The van der Waals surface area contributed by atoms with E-state index in [1.54, 1.807) is 0 Å². The Morgan fingerprint density at radius 3 is 2.78 bits per heavy atom. The van der Waals surface area contributed by atoms with Gasteiger partial charge in [-0.15, -0.1) is 0 Å². The van der Waals surface area contributed by atoms with Crippen molar-refractivity contribution >= 4 is 11.4 Å². The molecule has 2 fully saturated rings. The third kappa shape index (κ3) is 1.94. The van der Waals surface area contributed by atoms with Gasteiger partial charge in [0, 0.05) is 25.2 Å². The molecule has 0 amide bonds. The van der Waals surface area contributed by atoms with E-state index in [1.807, 2.05) is 6.07 Å². The molecule has 3 rings (SSSR count). The first kappa shape index (κ1) is 11.8. The summed E-state index contributed by atoms with van der Waals surface area (Å²) in [5.41, 5.74) is 7.48. The number of anilines is 2. The summed E-state index contributed by atoms with van der Waals surface area (Å²) in [5, 5.41) is 0. The summed E-state index contributed by atoms with van der Waals surface area (Å²) >= 11 is 0. The minimum absolute atomic E-state index is 0.260. The first-order valence-corrected chi connectivity index (χ1v) is 6.67. The number of halogens is 1. The smallest absolute Gasteiger partial charge is 0.125 e. The highest BCUT2D eigenvalue weighted by atomic mass is 19.1. The molecule has 18 heavy (non-hydrogen) atoms. The third-order valence-corrected chi connectivity index (χ3v) is 4.48. The number of fused-ring (bicyclic) bond motifs is 2. The number of nitrogens with two attached hydrogens (primary N) is 1. The van der Waals surface area contributed by atoms with Gasteiger partial charge in [0.2, 0.25) is 0 Å². The van der Waals surface area contributed by atoms with Crippen LogP contribution in [0.2, 0.25) is 0 Å². The van der Waals surface area contributed by atoms with E-state index in [9.17, 15) is 4.39 Å². The molecule has 2 atom stereocenters. The Morgan fingerprint density at radius 1 is 1.22 bits per heavy atom. The van der Waals surface area contributed by atoms with Gasteiger partial charge in [0.25, 0.3) is 0 Å². The summed E-state index contributed by atoms with van der Waals surface area (Å²) in [6.45, 7) is 2.02. The number of hydrogen-bond donors (Lipinski definition) is 1.